The van der Waals surface area contributed by atoms with Crippen LogP contribution >= 0.6 is 11.5 Å². The quantitative estimate of drug-likeness (QED) is 0.800. The van der Waals surface area contributed by atoms with Gasteiger partial charge in [-0.3, -0.25) is 10.1 Å². The number of nitrogens with one attached hydrogen (secondary N) is 1. The van der Waals surface area contributed by atoms with Crippen LogP contribution in [0.5, 0.6) is 0 Å². The summed E-state index contributed by atoms with van der Waals surface area (Å²) in [4.78, 5) is 12.4. The van der Waals surface area contributed by atoms with Crippen molar-refractivity contribution in [1.29, 1.82) is 0 Å². The number of benzene rings is 1. The molecule has 7 heteroatoms. The van der Waals surface area contributed by atoms with E-state index in [0.29, 0.717) is 22.1 Å². The predicted octanol–water partition coefficient (Wildman–Crippen LogP) is 2.75. The second kappa shape index (κ2) is 5.22. The largest absolute Gasteiger partial charge is 0.338 e. The summed E-state index contributed by atoms with van der Waals surface area (Å²) in [6, 6.07) is 11.3. The van der Waals surface area contributed by atoms with Gasteiger partial charge in [-0.1, -0.05) is 40.0 Å². The third kappa shape index (κ3) is 2.43. The fraction of sp³-hybridized carbons (Fsp3) is 0.0769. The number of anilines is 1. The van der Waals surface area contributed by atoms with Crippen LogP contribution in [0.4, 0.5) is 5.88 Å². The summed E-state index contributed by atoms with van der Waals surface area (Å²) >= 11 is 1.04. The van der Waals surface area contributed by atoms with Gasteiger partial charge in [-0.25, -0.2) is 0 Å². The maximum absolute atomic E-state index is 12.0. The average molecular weight is 286 g/mol. The second-order valence-corrected chi connectivity index (χ2v) is 4.84. The third-order valence-corrected chi connectivity index (χ3v) is 3.50. The third-order valence-electron chi connectivity index (χ3n) is 2.67. The Morgan fingerprint density at radius 3 is 2.80 bits per heavy atom. The maximum Gasteiger partial charge on any atom is 0.271 e. The molecule has 0 bridgehead atoms. The summed E-state index contributed by atoms with van der Waals surface area (Å²) in [5.41, 5.74) is 2.18. The topological polar surface area (TPSA) is 80.9 Å². The van der Waals surface area contributed by atoms with Crippen molar-refractivity contribution in [1.82, 2.24) is 14.7 Å². The highest BCUT2D eigenvalue weighted by Gasteiger charge is 2.15. The van der Waals surface area contributed by atoms with Crippen molar-refractivity contribution in [2.45, 2.75) is 6.92 Å². The number of aromatic nitrogens is 3. The minimum Gasteiger partial charge on any atom is -0.338 e. The molecule has 1 N–H and O–H groups in total. The van der Waals surface area contributed by atoms with Gasteiger partial charge < -0.3 is 4.52 Å². The Labute approximate surface area is 118 Å². The molecule has 0 aliphatic rings. The van der Waals surface area contributed by atoms with Gasteiger partial charge in [0.2, 0.25) is 5.88 Å². The highest BCUT2D eigenvalue weighted by molar-refractivity contribution is 7.08. The second-order valence-electron chi connectivity index (χ2n) is 4.08. The number of hydrogen-bond donors (Lipinski definition) is 1. The fourth-order valence-corrected chi connectivity index (χ4v) is 2.24. The number of nitrogens with zero attached hydrogens (tertiary/aromatic N) is 3. The lowest BCUT2D eigenvalue weighted by Crippen LogP contribution is -2.10. The van der Waals surface area contributed by atoms with Gasteiger partial charge in [0.25, 0.3) is 5.91 Å². The summed E-state index contributed by atoms with van der Waals surface area (Å²) in [5, 5.41) is 10.4. The molecular weight excluding hydrogens is 276 g/mol. The van der Waals surface area contributed by atoms with Gasteiger partial charge in [0.1, 0.15) is 10.6 Å². The highest BCUT2D eigenvalue weighted by Crippen LogP contribution is 2.22. The molecule has 6 nitrogen and oxygen atoms in total. The summed E-state index contributed by atoms with van der Waals surface area (Å²) in [6.45, 7) is 1.73. The van der Waals surface area contributed by atoms with Crippen molar-refractivity contribution in [2.24, 2.45) is 0 Å². The first-order chi connectivity index (χ1) is 9.74. The first kappa shape index (κ1) is 12.5. The van der Waals surface area contributed by atoms with Crippen LogP contribution < -0.4 is 5.32 Å². The maximum atomic E-state index is 12.0. The highest BCUT2D eigenvalue weighted by atomic mass is 32.1. The molecule has 1 aromatic carbocycles. The van der Waals surface area contributed by atoms with Crippen LogP contribution in [0.2, 0.25) is 0 Å². The summed E-state index contributed by atoms with van der Waals surface area (Å²) in [7, 11) is 0. The van der Waals surface area contributed by atoms with Gasteiger partial charge in [-0.15, -0.1) is 5.10 Å². The van der Waals surface area contributed by atoms with E-state index in [1.807, 2.05) is 30.3 Å². The number of hydrogen-bond acceptors (Lipinski definition) is 6. The first-order valence-corrected chi connectivity index (χ1v) is 6.64. The van der Waals surface area contributed by atoms with Crippen LogP contribution in [0.15, 0.2) is 40.9 Å². The smallest absolute Gasteiger partial charge is 0.271 e. The lowest BCUT2D eigenvalue weighted by Gasteiger charge is -1.97. The standard InChI is InChI=1S/C13H10N4O2S/c1-8-12(20-17-15-8)13(18)14-11-7-10(16-19-11)9-5-3-2-4-6-9/h2-7H,1H3,(H,14,18). The molecule has 20 heavy (non-hydrogen) atoms. The Bertz CT molecular complexity index is 736. The molecule has 0 atom stereocenters. The van der Waals surface area contributed by atoms with Crippen LogP contribution in [0, 0.1) is 6.92 Å². The van der Waals surface area contributed by atoms with Crippen molar-refractivity contribution in [3.05, 3.63) is 47.0 Å². The first-order valence-electron chi connectivity index (χ1n) is 5.86. The molecule has 0 aliphatic carbocycles. The van der Waals surface area contributed by atoms with E-state index < -0.39 is 0 Å². The van der Waals surface area contributed by atoms with Gasteiger partial charge in [-0.05, 0) is 18.5 Å². The summed E-state index contributed by atoms with van der Waals surface area (Å²) < 4.78 is 8.83. The Morgan fingerprint density at radius 1 is 1.30 bits per heavy atom. The Kier molecular flexibility index (Phi) is 3.26. The molecule has 0 radical (unpaired) electrons. The minimum absolute atomic E-state index is 0.293. The lowest BCUT2D eigenvalue weighted by molar-refractivity contribution is 0.102. The SMILES string of the molecule is Cc1nnsc1C(=O)Nc1cc(-c2ccccc2)no1. The van der Waals surface area contributed by atoms with E-state index in [0.717, 1.165) is 17.1 Å². The number of amides is 1. The zero-order valence-electron chi connectivity index (χ0n) is 10.5. The Hall–Kier alpha value is -2.54. The van der Waals surface area contributed by atoms with Gasteiger partial charge >= 0.3 is 0 Å². The molecule has 100 valence electrons. The fourth-order valence-electron chi connectivity index (χ4n) is 1.69. The van der Waals surface area contributed by atoms with Crippen LogP contribution in [0.3, 0.4) is 0 Å². The normalized spacial score (nSPS) is 10.4. The molecule has 0 saturated heterocycles. The van der Waals surface area contributed by atoms with E-state index in [1.54, 1.807) is 13.0 Å². The predicted molar refractivity (Wildman–Crippen MR) is 74.5 cm³/mol. The van der Waals surface area contributed by atoms with Gasteiger partial charge in [0, 0.05) is 11.6 Å². The van der Waals surface area contributed by atoms with Crippen LogP contribution in [-0.4, -0.2) is 20.7 Å². The summed E-state index contributed by atoms with van der Waals surface area (Å²) in [5.74, 6) is -0.00471. The Morgan fingerprint density at radius 2 is 2.10 bits per heavy atom. The molecule has 3 aromatic rings. The molecule has 2 heterocycles. The minimum atomic E-state index is -0.298. The summed E-state index contributed by atoms with van der Waals surface area (Å²) in [6.07, 6.45) is 0. The molecule has 0 unspecified atom stereocenters. The molecule has 0 aliphatic heterocycles. The van der Waals surface area contributed by atoms with E-state index in [2.05, 4.69) is 20.1 Å². The van der Waals surface area contributed by atoms with Gasteiger partial charge in [0.15, 0.2) is 0 Å². The van der Waals surface area contributed by atoms with E-state index in [4.69, 9.17) is 4.52 Å². The number of rotatable bonds is 3. The van der Waals surface area contributed by atoms with Crippen molar-refractivity contribution in [3.8, 4) is 11.3 Å². The van der Waals surface area contributed by atoms with Gasteiger partial charge in [-0.2, -0.15) is 0 Å². The molecule has 3 rings (SSSR count). The molecule has 2 aromatic heterocycles. The molecule has 0 spiro atoms. The van der Waals surface area contributed by atoms with Crippen molar-refractivity contribution < 1.29 is 9.32 Å². The lowest BCUT2D eigenvalue weighted by atomic mass is 10.2. The number of aryl methyl sites for hydroxylation is 1. The van der Waals surface area contributed by atoms with Crippen LogP contribution in [-0.2, 0) is 0 Å². The zero-order valence-corrected chi connectivity index (χ0v) is 11.3. The van der Waals surface area contributed by atoms with Crippen LogP contribution in [0.1, 0.15) is 15.4 Å². The number of carbonyl (C=O) groups is 1. The Balaban J connectivity index is 1.78. The van der Waals surface area contributed by atoms with Crippen molar-refractivity contribution in [3.63, 3.8) is 0 Å². The van der Waals surface area contributed by atoms with E-state index in [9.17, 15) is 4.79 Å². The molecular formula is C13H10N4O2S. The molecule has 0 saturated carbocycles. The van der Waals surface area contributed by atoms with Crippen molar-refractivity contribution in [2.75, 3.05) is 5.32 Å². The number of carbonyl (C=O) groups excluding carboxylic acids is 1. The van der Waals surface area contributed by atoms with E-state index >= 15 is 0 Å². The van der Waals surface area contributed by atoms with E-state index in [-0.39, 0.29) is 5.91 Å². The molecule has 1 amide bonds. The van der Waals surface area contributed by atoms with Crippen molar-refractivity contribution >= 4 is 23.3 Å². The van der Waals surface area contributed by atoms with Crippen LogP contribution in [0.25, 0.3) is 11.3 Å². The van der Waals surface area contributed by atoms with E-state index in [1.165, 1.54) is 0 Å². The molecule has 0 fully saturated rings. The average Bonchev–Trinajstić information content (AvgIpc) is 3.09. The monoisotopic (exact) mass is 286 g/mol. The zero-order chi connectivity index (χ0) is 13.9. The van der Waals surface area contributed by atoms with Gasteiger partial charge in [0.05, 0.1) is 5.69 Å².